The summed E-state index contributed by atoms with van der Waals surface area (Å²) in [6.07, 6.45) is 4.42. The van der Waals surface area contributed by atoms with Crippen molar-refractivity contribution in [1.29, 1.82) is 0 Å². The lowest BCUT2D eigenvalue weighted by molar-refractivity contribution is -0.129. The molecule has 0 spiro atoms. The van der Waals surface area contributed by atoms with E-state index in [-0.39, 0.29) is 30.4 Å². The number of likely N-dealkylation sites (tertiary alicyclic amines) is 1. The number of halogens is 1. The van der Waals surface area contributed by atoms with E-state index in [9.17, 15) is 14.4 Å². The lowest BCUT2D eigenvalue weighted by Crippen LogP contribution is -2.48. The molecule has 6 nitrogen and oxygen atoms in total. The van der Waals surface area contributed by atoms with Gasteiger partial charge in [-0.3, -0.25) is 14.5 Å². The number of piperidine rings is 1. The van der Waals surface area contributed by atoms with Gasteiger partial charge in [-0.15, -0.1) is 0 Å². The van der Waals surface area contributed by atoms with Crippen LogP contribution >= 0.6 is 11.6 Å². The molecule has 1 aromatic carbocycles. The molecule has 1 N–H and O–H groups in total. The summed E-state index contributed by atoms with van der Waals surface area (Å²) in [6.45, 7) is 1.11. The van der Waals surface area contributed by atoms with Gasteiger partial charge in [-0.2, -0.15) is 0 Å². The Morgan fingerprint density at radius 1 is 1.21 bits per heavy atom. The monoisotopic (exact) mass is 347 g/mol. The van der Waals surface area contributed by atoms with Gasteiger partial charge in [-0.05, 0) is 30.5 Å². The predicted octanol–water partition coefficient (Wildman–Crippen LogP) is 1.90. The number of hydrogen-bond acceptors (Lipinski definition) is 3. The van der Waals surface area contributed by atoms with E-state index in [1.54, 1.807) is 17.0 Å². The fourth-order valence-corrected chi connectivity index (χ4v) is 3.22. The number of nitrogens with zero attached hydrogens (tertiary/aromatic N) is 2. The molecule has 0 aromatic heterocycles. The smallest absolute Gasteiger partial charge is 0.324 e. The second-order valence-electron chi connectivity index (χ2n) is 5.83. The van der Waals surface area contributed by atoms with Gasteiger partial charge in [-0.25, -0.2) is 4.79 Å². The number of nitrogens with one attached hydrogen (secondary N) is 1. The molecule has 0 atom stereocenters. The van der Waals surface area contributed by atoms with E-state index in [1.807, 2.05) is 18.2 Å². The molecule has 2 aliphatic rings. The highest BCUT2D eigenvalue weighted by Gasteiger charge is 2.36. The molecule has 2 saturated heterocycles. The first-order valence-electron chi connectivity index (χ1n) is 7.87. The highest BCUT2D eigenvalue weighted by molar-refractivity contribution is 6.32. The number of hydrogen-bond donors (Lipinski definition) is 1. The maximum Gasteiger partial charge on any atom is 0.324 e. The number of urea groups is 1. The number of carbonyl (C=O) groups is 3. The van der Waals surface area contributed by atoms with Crippen molar-refractivity contribution in [2.24, 2.45) is 0 Å². The molecule has 2 heterocycles. The maximum absolute atomic E-state index is 12.3. The van der Waals surface area contributed by atoms with Crippen molar-refractivity contribution in [2.45, 2.75) is 18.9 Å². The standard InChI is InChI=1S/C17H18ClN3O3/c18-14-4-2-1-3-12(14)5-6-15(22)20-9-7-13(8-10-20)21-16(23)11-19-17(21)24/h1-6,13H,7-11H2,(H,19,24). The van der Waals surface area contributed by atoms with Gasteiger partial charge < -0.3 is 10.2 Å². The third-order valence-electron chi connectivity index (χ3n) is 4.33. The van der Waals surface area contributed by atoms with Crippen LogP contribution in [0.4, 0.5) is 4.79 Å². The molecule has 4 amide bonds. The van der Waals surface area contributed by atoms with Crippen LogP contribution in [-0.2, 0) is 9.59 Å². The molecule has 0 unspecified atom stereocenters. The Morgan fingerprint density at radius 2 is 1.92 bits per heavy atom. The Hall–Kier alpha value is -2.34. The SMILES string of the molecule is O=C(C=Cc1ccccc1Cl)N1CCC(N2C(=O)CNC2=O)CC1. The summed E-state index contributed by atoms with van der Waals surface area (Å²) in [4.78, 5) is 38.7. The van der Waals surface area contributed by atoms with Gasteiger partial charge in [0, 0.05) is 30.2 Å². The summed E-state index contributed by atoms with van der Waals surface area (Å²) in [5, 5.41) is 3.12. The van der Waals surface area contributed by atoms with Crippen molar-refractivity contribution in [3.05, 3.63) is 40.9 Å². The molecule has 0 saturated carbocycles. The van der Waals surface area contributed by atoms with Crippen LogP contribution in [0, 0.1) is 0 Å². The second-order valence-corrected chi connectivity index (χ2v) is 6.24. The van der Waals surface area contributed by atoms with Gasteiger partial charge in [0.2, 0.25) is 11.8 Å². The van der Waals surface area contributed by atoms with Crippen molar-refractivity contribution >= 4 is 35.5 Å². The second kappa shape index (κ2) is 7.05. The molecule has 0 radical (unpaired) electrons. The fraction of sp³-hybridized carbons (Fsp3) is 0.353. The summed E-state index contributed by atoms with van der Waals surface area (Å²) in [7, 11) is 0. The average Bonchev–Trinajstić information content (AvgIpc) is 2.93. The average molecular weight is 348 g/mol. The van der Waals surface area contributed by atoms with E-state index in [1.165, 1.54) is 11.0 Å². The minimum absolute atomic E-state index is 0.0680. The normalized spacial score (nSPS) is 19.2. The van der Waals surface area contributed by atoms with Crippen molar-refractivity contribution in [3.63, 3.8) is 0 Å². The molecule has 7 heteroatoms. The van der Waals surface area contributed by atoms with Gasteiger partial charge in [0.05, 0.1) is 6.54 Å². The number of carbonyl (C=O) groups excluding carboxylic acids is 3. The van der Waals surface area contributed by atoms with Crippen molar-refractivity contribution in [2.75, 3.05) is 19.6 Å². The maximum atomic E-state index is 12.3. The largest absolute Gasteiger partial charge is 0.339 e. The molecule has 0 bridgehead atoms. The van der Waals surface area contributed by atoms with Gasteiger partial charge in [0.1, 0.15) is 0 Å². The Bertz CT molecular complexity index is 680. The van der Waals surface area contributed by atoms with Crippen LogP contribution in [0.25, 0.3) is 6.08 Å². The minimum Gasteiger partial charge on any atom is -0.339 e. The first-order valence-corrected chi connectivity index (χ1v) is 8.25. The summed E-state index contributed by atoms with van der Waals surface area (Å²) >= 11 is 6.06. The molecule has 3 rings (SSSR count). The molecular weight excluding hydrogens is 330 g/mol. The van der Waals surface area contributed by atoms with Crippen LogP contribution < -0.4 is 5.32 Å². The molecule has 24 heavy (non-hydrogen) atoms. The summed E-state index contributed by atoms with van der Waals surface area (Å²) in [5.41, 5.74) is 0.793. The van der Waals surface area contributed by atoms with Crippen molar-refractivity contribution < 1.29 is 14.4 Å². The van der Waals surface area contributed by atoms with E-state index >= 15 is 0 Å². The molecule has 0 aliphatic carbocycles. The van der Waals surface area contributed by atoms with Gasteiger partial charge in [0.15, 0.2) is 0 Å². The summed E-state index contributed by atoms with van der Waals surface area (Å²) in [6, 6.07) is 6.85. The quantitative estimate of drug-likeness (QED) is 0.670. The van der Waals surface area contributed by atoms with E-state index < -0.39 is 0 Å². The first-order chi connectivity index (χ1) is 11.6. The topological polar surface area (TPSA) is 69.7 Å². The first kappa shape index (κ1) is 16.5. The lowest BCUT2D eigenvalue weighted by atomic mass is 10.0. The van der Waals surface area contributed by atoms with Gasteiger partial charge >= 0.3 is 6.03 Å². The van der Waals surface area contributed by atoms with E-state index in [4.69, 9.17) is 11.6 Å². The fourth-order valence-electron chi connectivity index (χ4n) is 3.03. The van der Waals surface area contributed by atoms with Crippen LogP contribution in [0.3, 0.4) is 0 Å². The Labute approximate surface area is 145 Å². The minimum atomic E-state index is -0.330. The molecule has 1 aromatic rings. The van der Waals surface area contributed by atoms with Crippen LogP contribution in [0.15, 0.2) is 30.3 Å². The molecule has 126 valence electrons. The molecule has 2 aliphatic heterocycles. The summed E-state index contributed by atoms with van der Waals surface area (Å²) in [5.74, 6) is -0.283. The Morgan fingerprint density at radius 3 is 2.54 bits per heavy atom. The number of benzene rings is 1. The number of imide groups is 1. The number of amides is 4. The molecule has 2 fully saturated rings. The van der Waals surface area contributed by atoms with Crippen LogP contribution in [0.5, 0.6) is 0 Å². The third kappa shape index (κ3) is 3.43. The third-order valence-corrected chi connectivity index (χ3v) is 4.67. The van der Waals surface area contributed by atoms with E-state index in [0.717, 1.165) is 5.56 Å². The van der Waals surface area contributed by atoms with E-state index in [0.29, 0.717) is 31.0 Å². The van der Waals surface area contributed by atoms with Crippen LogP contribution in [0.1, 0.15) is 18.4 Å². The molecular formula is C17H18ClN3O3. The van der Waals surface area contributed by atoms with Crippen molar-refractivity contribution in [1.82, 2.24) is 15.1 Å². The lowest BCUT2D eigenvalue weighted by Gasteiger charge is -2.34. The van der Waals surface area contributed by atoms with Gasteiger partial charge in [0.25, 0.3) is 0 Å². The summed E-state index contributed by atoms with van der Waals surface area (Å²) < 4.78 is 0. The highest BCUT2D eigenvalue weighted by atomic mass is 35.5. The zero-order valence-corrected chi connectivity index (χ0v) is 13.8. The van der Waals surface area contributed by atoms with Crippen LogP contribution in [0.2, 0.25) is 5.02 Å². The number of rotatable bonds is 3. The highest BCUT2D eigenvalue weighted by Crippen LogP contribution is 2.20. The Balaban J connectivity index is 1.56. The van der Waals surface area contributed by atoms with Crippen molar-refractivity contribution in [3.8, 4) is 0 Å². The van der Waals surface area contributed by atoms with E-state index in [2.05, 4.69) is 5.32 Å². The zero-order valence-electron chi connectivity index (χ0n) is 13.1. The Kier molecular flexibility index (Phi) is 4.85. The van der Waals surface area contributed by atoms with Gasteiger partial charge in [-0.1, -0.05) is 29.8 Å². The predicted molar refractivity (Wildman–Crippen MR) is 90.3 cm³/mol. The zero-order chi connectivity index (χ0) is 17.1. The van der Waals surface area contributed by atoms with Crippen LogP contribution in [-0.4, -0.2) is 53.3 Å².